The first kappa shape index (κ1) is 15.5. The molecule has 0 radical (unpaired) electrons. The zero-order valence-electron chi connectivity index (χ0n) is 9.81. The predicted octanol–water partition coefficient (Wildman–Crippen LogP) is 5.45. The molecule has 0 aliphatic heterocycles. The fourth-order valence-electron chi connectivity index (χ4n) is 2.12. The van der Waals surface area contributed by atoms with Crippen LogP contribution in [0.25, 0.3) is 0 Å². The molecule has 0 heterocycles. The summed E-state index contributed by atoms with van der Waals surface area (Å²) >= 11 is 12.2. The number of hydrogen-bond acceptors (Lipinski definition) is 0. The minimum Gasteiger partial charge on any atom is -0.0885 e. The number of hydrogen-bond donors (Lipinski definition) is 0. The summed E-state index contributed by atoms with van der Waals surface area (Å²) in [7, 11) is 0. The fraction of sp³-hybridized carbons (Fsp3) is 0.429. The molecule has 0 aromatic heterocycles. The summed E-state index contributed by atoms with van der Waals surface area (Å²) in [4.78, 5) is 0. The first-order valence-electron chi connectivity index (χ1n) is 5.85. The van der Waals surface area contributed by atoms with Gasteiger partial charge >= 0.3 is 0 Å². The van der Waals surface area contributed by atoms with Gasteiger partial charge in [0.1, 0.15) is 0 Å². The maximum absolute atomic E-state index is 6.08. The molecule has 90 valence electrons. The van der Waals surface area contributed by atoms with Crippen molar-refractivity contribution >= 4 is 23.2 Å². The number of halogens is 2. The molecule has 0 nitrogen and oxygen atoms in total. The normalized spacial score (nSPS) is 18.2. The molecule has 0 spiro atoms. The van der Waals surface area contributed by atoms with E-state index in [2.05, 4.69) is 24.3 Å². The largest absolute Gasteiger partial charge is 0.0885 e. The van der Waals surface area contributed by atoms with E-state index in [4.69, 9.17) is 23.2 Å². The van der Waals surface area contributed by atoms with Gasteiger partial charge in [0.15, 0.2) is 0 Å². The molecule has 2 rings (SSSR count). The second kappa shape index (κ2) is 7.77. The summed E-state index contributed by atoms with van der Waals surface area (Å²) in [6.07, 6.45) is 15.0. The van der Waals surface area contributed by atoms with Gasteiger partial charge in [-0.25, -0.2) is 0 Å². The van der Waals surface area contributed by atoms with Crippen LogP contribution in [0.4, 0.5) is 0 Å². The zero-order chi connectivity index (χ0) is 11.4. The van der Waals surface area contributed by atoms with Crippen LogP contribution in [-0.4, -0.2) is 0 Å². The van der Waals surface area contributed by atoms with Crippen molar-refractivity contribution in [3.63, 3.8) is 0 Å². The van der Waals surface area contributed by atoms with Gasteiger partial charge in [-0.15, -0.1) is 0 Å². The number of allylic oxidation sites excluding steroid dienone is 8. The van der Waals surface area contributed by atoms with E-state index in [1.165, 1.54) is 24.0 Å². The van der Waals surface area contributed by atoms with Crippen molar-refractivity contribution in [2.24, 2.45) is 0 Å². The fourth-order valence-corrected chi connectivity index (χ4v) is 2.61. The zero-order valence-corrected chi connectivity index (χ0v) is 13.8. The van der Waals surface area contributed by atoms with Gasteiger partial charge in [0, 0.05) is 49.1 Å². The predicted molar refractivity (Wildman–Crippen MR) is 71.7 cm³/mol. The van der Waals surface area contributed by atoms with E-state index in [0.29, 0.717) is 0 Å². The van der Waals surface area contributed by atoms with E-state index in [1.807, 2.05) is 0 Å². The van der Waals surface area contributed by atoms with Crippen LogP contribution in [0, 0.1) is 0 Å². The topological polar surface area (TPSA) is 0 Å². The van der Waals surface area contributed by atoms with Crippen LogP contribution in [0.15, 0.2) is 45.5 Å². The SMILES string of the molecule is ClC1=C(CCCCC2=C(Cl)CC=C2)C=CC1.[Zr]. The average molecular weight is 346 g/mol. The third kappa shape index (κ3) is 4.54. The summed E-state index contributed by atoms with van der Waals surface area (Å²) in [5.41, 5.74) is 2.65. The molecule has 2 aliphatic carbocycles. The average Bonchev–Trinajstić information content (AvgIpc) is 2.84. The van der Waals surface area contributed by atoms with Crippen molar-refractivity contribution in [3.8, 4) is 0 Å². The van der Waals surface area contributed by atoms with E-state index in [0.717, 1.165) is 35.7 Å². The van der Waals surface area contributed by atoms with Crippen LogP contribution >= 0.6 is 23.2 Å². The Bertz CT molecular complexity index is 351. The van der Waals surface area contributed by atoms with E-state index in [-0.39, 0.29) is 26.2 Å². The Balaban J connectivity index is 0.00000144. The van der Waals surface area contributed by atoms with Crippen LogP contribution in [-0.2, 0) is 26.2 Å². The van der Waals surface area contributed by atoms with Gasteiger partial charge in [0.25, 0.3) is 0 Å². The monoisotopic (exact) mass is 344 g/mol. The molecular weight excluding hydrogens is 330 g/mol. The summed E-state index contributed by atoms with van der Waals surface area (Å²) in [5, 5.41) is 2.05. The van der Waals surface area contributed by atoms with E-state index >= 15 is 0 Å². The Labute approximate surface area is 133 Å². The quantitative estimate of drug-likeness (QED) is 0.581. The maximum Gasteiger partial charge on any atom is 0.0250 e. The van der Waals surface area contributed by atoms with Crippen molar-refractivity contribution < 1.29 is 26.2 Å². The Morgan fingerprint density at radius 2 is 1.24 bits per heavy atom. The molecule has 2 aliphatic rings. The molecule has 0 N–H and O–H groups in total. The Hall–Kier alpha value is 0.423. The molecule has 0 atom stereocenters. The summed E-state index contributed by atoms with van der Waals surface area (Å²) in [5.74, 6) is 0. The molecular formula is C14H16Cl2Zr. The first-order chi connectivity index (χ1) is 7.77. The van der Waals surface area contributed by atoms with Crippen LogP contribution in [0.5, 0.6) is 0 Å². The molecule has 0 aromatic rings. The summed E-state index contributed by atoms with van der Waals surface area (Å²) < 4.78 is 0. The van der Waals surface area contributed by atoms with Crippen molar-refractivity contribution in [3.05, 3.63) is 45.5 Å². The minimum atomic E-state index is 0. The molecule has 0 saturated heterocycles. The van der Waals surface area contributed by atoms with Crippen LogP contribution in [0.1, 0.15) is 38.5 Å². The van der Waals surface area contributed by atoms with Gasteiger partial charge in [0.2, 0.25) is 0 Å². The standard InChI is InChI=1S/C14H16Cl2.Zr/c15-13-9-3-7-11(13)5-1-2-6-12-8-4-10-14(12)16;/h3-4,7-8H,1-2,5-6,9-10H2;. The third-order valence-electron chi connectivity index (χ3n) is 3.07. The van der Waals surface area contributed by atoms with Crippen LogP contribution in [0.3, 0.4) is 0 Å². The molecule has 0 aromatic carbocycles. The Kier molecular flexibility index (Phi) is 7.08. The number of unbranched alkanes of at least 4 members (excludes halogenated alkanes) is 1. The molecule has 17 heavy (non-hydrogen) atoms. The Morgan fingerprint density at radius 3 is 1.53 bits per heavy atom. The van der Waals surface area contributed by atoms with Crippen molar-refractivity contribution in [2.45, 2.75) is 38.5 Å². The molecule has 0 amide bonds. The van der Waals surface area contributed by atoms with Gasteiger partial charge in [-0.3, -0.25) is 0 Å². The van der Waals surface area contributed by atoms with Crippen molar-refractivity contribution in [1.82, 2.24) is 0 Å². The smallest absolute Gasteiger partial charge is 0.0250 e. The van der Waals surface area contributed by atoms with E-state index < -0.39 is 0 Å². The summed E-state index contributed by atoms with van der Waals surface area (Å²) in [6.45, 7) is 0. The third-order valence-corrected chi connectivity index (χ3v) is 3.87. The van der Waals surface area contributed by atoms with Gasteiger partial charge in [0.05, 0.1) is 0 Å². The molecule has 0 unspecified atom stereocenters. The molecule has 0 bridgehead atoms. The second-order valence-corrected chi connectivity index (χ2v) is 5.19. The Morgan fingerprint density at radius 1 is 0.824 bits per heavy atom. The molecule has 3 heteroatoms. The van der Waals surface area contributed by atoms with E-state index in [1.54, 1.807) is 0 Å². The number of rotatable bonds is 5. The van der Waals surface area contributed by atoms with Gasteiger partial charge in [-0.05, 0) is 36.8 Å². The van der Waals surface area contributed by atoms with E-state index in [9.17, 15) is 0 Å². The molecule has 0 saturated carbocycles. The van der Waals surface area contributed by atoms with Crippen LogP contribution in [0.2, 0.25) is 0 Å². The molecule has 0 fully saturated rings. The van der Waals surface area contributed by atoms with Gasteiger partial charge < -0.3 is 0 Å². The van der Waals surface area contributed by atoms with Crippen molar-refractivity contribution in [1.29, 1.82) is 0 Å². The van der Waals surface area contributed by atoms with Gasteiger partial charge in [-0.2, -0.15) is 0 Å². The maximum atomic E-state index is 6.08. The second-order valence-electron chi connectivity index (χ2n) is 4.28. The van der Waals surface area contributed by atoms with Gasteiger partial charge in [-0.1, -0.05) is 47.5 Å². The van der Waals surface area contributed by atoms with Crippen LogP contribution < -0.4 is 0 Å². The minimum absolute atomic E-state index is 0. The first-order valence-corrected chi connectivity index (χ1v) is 6.61. The van der Waals surface area contributed by atoms with Crippen molar-refractivity contribution in [2.75, 3.05) is 0 Å². The summed E-state index contributed by atoms with van der Waals surface area (Å²) in [6, 6.07) is 0.